The highest BCUT2D eigenvalue weighted by Crippen LogP contribution is 2.21. The van der Waals surface area contributed by atoms with Crippen LogP contribution in [0.1, 0.15) is 31.7 Å². The molecule has 0 aliphatic carbocycles. The van der Waals surface area contributed by atoms with E-state index >= 15 is 0 Å². The first-order chi connectivity index (χ1) is 15.8. The van der Waals surface area contributed by atoms with Crippen LogP contribution in [0, 0.1) is 0 Å². The Bertz CT molecular complexity index is 1250. The average molecular weight is 470 g/mol. The Labute approximate surface area is 193 Å². The maximum Gasteiger partial charge on any atom is 0.258 e. The highest BCUT2D eigenvalue weighted by molar-refractivity contribution is 7.90. The van der Waals surface area contributed by atoms with Crippen LogP contribution in [0.5, 0.6) is 5.75 Å². The molecular formula is C23H27N5O4S. The lowest BCUT2D eigenvalue weighted by Crippen LogP contribution is -2.39. The molecule has 10 heteroatoms. The van der Waals surface area contributed by atoms with Gasteiger partial charge in [-0.2, -0.15) is 0 Å². The van der Waals surface area contributed by atoms with Crippen LogP contribution in [-0.4, -0.2) is 53.4 Å². The molecule has 0 aromatic carbocycles. The molecule has 1 aliphatic heterocycles. The van der Waals surface area contributed by atoms with Gasteiger partial charge in [-0.25, -0.2) is 23.4 Å². The van der Waals surface area contributed by atoms with Crippen LogP contribution >= 0.6 is 0 Å². The fourth-order valence-electron chi connectivity index (χ4n) is 3.78. The van der Waals surface area contributed by atoms with Gasteiger partial charge in [-0.3, -0.25) is 9.36 Å². The lowest BCUT2D eigenvalue weighted by atomic mass is 10.1. The van der Waals surface area contributed by atoms with E-state index in [1.807, 2.05) is 12.4 Å². The molecule has 3 aromatic heterocycles. The van der Waals surface area contributed by atoms with Crippen LogP contribution < -0.4 is 15.2 Å². The third kappa shape index (κ3) is 5.57. The summed E-state index contributed by atoms with van der Waals surface area (Å²) in [5.41, 5.74) is 1.35. The molecule has 1 fully saturated rings. The summed E-state index contributed by atoms with van der Waals surface area (Å²) in [6.07, 6.45) is 11.5. The first-order valence-corrected chi connectivity index (χ1v) is 12.8. The molecule has 0 N–H and O–H groups in total. The molecule has 4 rings (SSSR count). The number of aromatic nitrogens is 4. The molecular weight excluding hydrogens is 442 g/mol. The number of piperidine rings is 1. The molecule has 4 heterocycles. The van der Waals surface area contributed by atoms with Gasteiger partial charge in [-0.1, -0.05) is 13.3 Å². The lowest BCUT2D eigenvalue weighted by molar-refractivity contribution is 0.170. The summed E-state index contributed by atoms with van der Waals surface area (Å²) < 4.78 is 30.6. The quantitative estimate of drug-likeness (QED) is 0.519. The smallest absolute Gasteiger partial charge is 0.258 e. The molecule has 0 saturated carbocycles. The van der Waals surface area contributed by atoms with Crippen LogP contribution in [0.3, 0.4) is 0 Å². The minimum absolute atomic E-state index is 0.00609. The number of nitrogens with zero attached hydrogens (tertiary/aromatic N) is 5. The lowest BCUT2D eigenvalue weighted by Gasteiger charge is -2.32. The van der Waals surface area contributed by atoms with E-state index in [0.29, 0.717) is 11.4 Å². The van der Waals surface area contributed by atoms with E-state index in [-0.39, 0.29) is 16.7 Å². The number of rotatable bonds is 7. The third-order valence-electron chi connectivity index (χ3n) is 5.53. The fourth-order valence-corrected chi connectivity index (χ4v) is 4.34. The van der Waals surface area contributed by atoms with Gasteiger partial charge in [0, 0.05) is 56.8 Å². The molecule has 1 saturated heterocycles. The summed E-state index contributed by atoms with van der Waals surface area (Å²) >= 11 is 0. The number of aryl methyl sites for hydroxylation is 1. The summed E-state index contributed by atoms with van der Waals surface area (Å²) in [5.74, 6) is 1.25. The molecule has 0 bridgehead atoms. The summed E-state index contributed by atoms with van der Waals surface area (Å²) in [6, 6.07) is 6.11. The van der Waals surface area contributed by atoms with Gasteiger partial charge in [0.15, 0.2) is 14.9 Å². The zero-order valence-electron chi connectivity index (χ0n) is 18.7. The molecule has 0 unspecified atom stereocenters. The van der Waals surface area contributed by atoms with Crippen LogP contribution in [0.15, 0.2) is 58.9 Å². The van der Waals surface area contributed by atoms with E-state index in [1.165, 1.54) is 22.9 Å². The maximum absolute atomic E-state index is 12.6. The van der Waals surface area contributed by atoms with Crippen molar-refractivity contribution in [3.05, 3.63) is 65.0 Å². The normalized spacial score (nSPS) is 14.9. The molecule has 0 amide bonds. The third-order valence-corrected chi connectivity index (χ3v) is 6.53. The molecule has 0 radical (unpaired) electrons. The first kappa shape index (κ1) is 22.9. The Kier molecular flexibility index (Phi) is 6.73. The fraction of sp³-hybridized carbons (Fsp3) is 0.391. The van der Waals surface area contributed by atoms with Gasteiger partial charge < -0.3 is 9.64 Å². The predicted octanol–water partition coefficient (Wildman–Crippen LogP) is 2.43. The Hall–Kier alpha value is -3.27. The molecule has 9 nitrogen and oxygen atoms in total. The minimum Gasteiger partial charge on any atom is -0.490 e. The zero-order chi connectivity index (χ0) is 23.4. The van der Waals surface area contributed by atoms with Gasteiger partial charge in [0.05, 0.1) is 11.9 Å². The molecule has 0 spiro atoms. The van der Waals surface area contributed by atoms with Crippen molar-refractivity contribution in [1.29, 1.82) is 0 Å². The molecule has 0 atom stereocenters. The number of ether oxygens (including phenoxy) is 1. The van der Waals surface area contributed by atoms with E-state index in [9.17, 15) is 13.2 Å². The highest BCUT2D eigenvalue weighted by atomic mass is 32.2. The Balaban J connectivity index is 1.36. The topological polar surface area (TPSA) is 107 Å². The van der Waals surface area contributed by atoms with E-state index in [4.69, 9.17) is 4.74 Å². The van der Waals surface area contributed by atoms with Crippen molar-refractivity contribution in [2.75, 3.05) is 24.2 Å². The van der Waals surface area contributed by atoms with Crippen LogP contribution in [0.2, 0.25) is 0 Å². The van der Waals surface area contributed by atoms with Crippen molar-refractivity contribution in [3.8, 4) is 11.4 Å². The molecule has 33 heavy (non-hydrogen) atoms. The zero-order valence-corrected chi connectivity index (χ0v) is 19.5. The number of sulfone groups is 1. The van der Waals surface area contributed by atoms with Gasteiger partial charge >= 0.3 is 0 Å². The number of pyridine rings is 2. The van der Waals surface area contributed by atoms with E-state index in [0.717, 1.165) is 56.5 Å². The van der Waals surface area contributed by atoms with Gasteiger partial charge in [-0.05, 0) is 30.2 Å². The van der Waals surface area contributed by atoms with Crippen molar-refractivity contribution in [2.45, 2.75) is 43.7 Å². The second kappa shape index (κ2) is 9.70. The second-order valence-electron chi connectivity index (χ2n) is 8.14. The Morgan fingerprint density at radius 3 is 2.36 bits per heavy atom. The second-order valence-corrected chi connectivity index (χ2v) is 10.1. The van der Waals surface area contributed by atoms with Crippen molar-refractivity contribution >= 4 is 15.8 Å². The Morgan fingerprint density at radius 1 is 1.06 bits per heavy atom. The van der Waals surface area contributed by atoms with Crippen molar-refractivity contribution in [3.63, 3.8) is 0 Å². The van der Waals surface area contributed by atoms with E-state index in [2.05, 4.69) is 26.8 Å². The van der Waals surface area contributed by atoms with Crippen LogP contribution in [-0.2, 0) is 16.3 Å². The van der Waals surface area contributed by atoms with E-state index < -0.39 is 9.84 Å². The highest BCUT2D eigenvalue weighted by Gasteiger charge is 2.22. The van der Waals surface area contributed by atoms with Crippen molar-refractivity contribution in [2.24, 2.45) is 0 Å². The van der Waals surface area contributed by atoms with E-state index in [1.54, 1.807) is 18.3 Å². The standard InChI is InChI=1S/C23H27N5O4S/c1-3-4-17-14-25-23(26-15-17)27-10-7-19(8-11-27)32-20-9-12-28(22(29)13-20)18-5-6-21(24-16-18)33(2,30)31/h5-6,9,12-16,19H,3-4,7-8,10-11H2,1-2H3. The van der Waals surface area contributed by atoms with Crippen LogP contribution in [0.25, 0.3) is 5.69 Å². The van der Waals surface area contributed by atoms with Crippen molar-refractivity contribution < 1.29 is 13.2 Å². The molecule has 3 aromatic rings. The first-order valence-electron chi connectivity index (χ1n) is 10.9. The summed E-state index contributed by atoms with van der Waals surface area (Å²) in [4.78, 5) is 27.7. The number of anilines is 1. The van der Waals surface area contributed by atoms with Crippen molar-refractivity contribution in [1.82, 2.24) is 19.5 Å². The Morgan fingerprint density at radius 2 is 1.79 bits per heavy atom. The average Bonchev–Trinajstić information content (AvgIpc) is 2.80. The molecule has 1 aliphatic rings. The molecule has 174 valence electrons. The van der Waals surface area contributed by atoms with Crippen LogP contribution in [0.4, 0.5) is 5.95 Å². The largest absolute Gasteiger partial charge is 0.490 e. The van der Waals surface area contributed by atoms with Gasteiger partial charge in [0.1, 0.15) is 11.9 Å². The van der Waals surface area contributed by atoms with Gasteiger partial charge in [0.25, 0.3) is 5.56 Å². The summed E-state index contributed by atoms with van der Waals surface area (Å²) in [6.45, 7) is 3.70. The number of hydrogen-bond donors (Lipinski definition) is 0. The monoisotopic (exact) mass is 469 g/mol. The minimum atomic E-state index is -3.39. The van der Waals surface area contributed by atoms with Gasteiger partial charge in [0.2, 0.25) is 5.95 Å². The number of hydrogen-bond acceptors (Lipinski definition) is 8. The van der Waals surface area contributed by atoms with Gasteiger partial charge in [-0.15, -0.1) is 0 Å². The maximum atomic E-state index is 12.6. The summed E-state index contributed by atoms with van der Waals surface area (Å²) in [7, 11) is -3.39. The predicted molar refractivity (Wildman–Crippen MR) is 125 cm³/mol. The summed E-state index contributed by atoms with van der Waals surface area (Å²) in [5, 5.41) is -0.0344. The SMILES string of the molecule is CCCc1cnc(N2CCC(Oc3ccn(-c4ccc(S(C)(=O)=O)nc4)c(=O)c3)CC2)nc1.